The van der Waals surface area contributed by atoms with Gasteiger partial charge in [-0.2, -0.15) is 10.2 Å². The van der Waals surface area contributed by atoms with Crippen molar-refractivity contribution in [2.75, 3.05) is 7.11 Å². The molecule has 2 aromatic heterocycles. The second-order valence-electron chi connectivity index (χ2n) is 6.50. The number of aryl methyl sites for hydroxylation is 3. The van der Waals surface area contributed by atoms with Gasteiger partial charge in [0.15, 0.2) is 0 Å². The van der Waals surface area contributed by atoms with Gasteiger partial charge in [0.1, 0.15) is 11.6 Å². The molecular weight excluding hydrogens is 354 g/mol. The van der Waals surface area contributed by atoms with Crippen LogP contribution < -0.4 is 10.4 Å². The van der Waals surface area contributed by atoms with E-state index in [2.05, 4.69) is 15.3 Å². The Kier molecular flexibility index (Phi) is 4.80. The summed E-state index contributed by atoms with van der Waals surface area (Å²) < 4.78 is 8.66. The summed E-state index contributed by atoms with van der Waals surface area (Å²) in [6.07, 6.45) is 4.28. The molecule has 28 heavy (non-hydrogen) atoms. The number of nitrogens with one attached hydrogen (secondary N) is 1. The van der Waals surface area contributed by atoms with E-state index in [0.29, 0.717) is 18.1 Å². The van der Waals surface area contributed by atoms with E-state index in [4.69, 9.17) is 4.74 Å². The maximum atomic E-state index is 12.9. The maximum Gasteiger partial charge on any atom is 0.350 e. The lowest BCUT2D eigenvalue weighted by Crippen LogP contribution is -2.25. The highest BCUT2D eigenvalue weighted by atomic mass is 16.5. The normalized spacial score (nSPS) is 10.9. The molecule has 142 valence electrons. The molecule has 1 N–H and O–H groups in total. The van der Waals surface area contributed by atoms with Crippen LogP contribution in [0.4, 0.5) is 0 Å². The van der Waals surface area contributed by atoms with E-state index in [9.17, 15) is 4.79 Å². The van der Waals surface area contributed by atoms with Gasteiger partial charge in [-0.3, -0.25) is 5.10 Å². The van der Waals surface area contributed by atoms with E-state index >= 15 is 0 Å². The van der Waals surface area contributed by atoms with E-state index in [0.717, 1.165) is 23.2 Å². The number of benzene rings is 2. The van der Waals surface area contributed by atoms with Crippen LogP contribution in [0.15, 0.2) is 65.7 Å². The Hall–Kier alpha value is -3.61. The molecule has 4 rings (SSSR count). The minimum atomic E-state index is -0.161. The minimum absolute atomic E-state index is 0.161. The number of nitrogens with zero attached hydrogens (tertiary/aromatic N) is 4. The zero-order valence-corrected chi connectivity index (χ0v) is 15.8. The van der Waals surface area contributed by atoms with Crippen LogP contribution >= 0.6 is 0 Å². The van der Waals surface area contributed by atoms with Gasteiger partial charge in [-0.05, 0) is 31.0 Å². The predicted molar refractivity (Wildman–Crippen MR) is 107 cm³/mol. The van der Waals surface area contributed by atoms with E-state index in [-0.39, 0.29) is 5.69 Å². The zero-order valence-electron chi connectivity index (χ0n) is 15.8. The van der Waals surface area contributed by atoms with Crippen LogP contribution in [-0.4, -0.2) is 31.7 Å². The summed E-state index contributed by atoms with van der Waals surface area (Å²) >= 11 is 0. The molecule has 0 unspecified atom stereocenters. The van der Waals surface area contributed by atoms with Crippen LogP contribution in [0.3, 0.4) is 0 Å². The van der Waals surface area contributed by atoms with Gasteiger partial charge in [0.05, 0.1) is 25.5 Å². The predicted octanol–water partition coefficient (Wildman–Crippen LogP) is 2.98. The standard InChI is InChI=1S/C21H21N5O2/c1-15-24-25(11-10-16-6-4-3-5-7-16)21(27)26(15)18-8-9-19(20(12-18)28-2)17-13-22-23-14-17/h3-9,12-14H,10-11H2,1-2H3,(H,22,23). The Labute approximate surface area is 162 Å². The van der Waals surface area contributed by atoms with Crippen LogP contribution in [0.2, 0.25) is 0 Å². The van der Waals surface area contributed by atoms with E-state index in [1.165, 1.54) is 10.2 Å². The second kappa shape index (κ2) is 7.56. The summed E-state index contributed by atoms with van der Waals surface area (Å²) in [4.78, 5) is 12.9. The molecule has 2 heterocycles. The molecule has 0 saturated heterocycles. The molecule has 7 nitrogen and oxygen atoms in total. The number of rotatable bonds is 6. The number of hydrogen-bond acceptors (Lipinski definition) is 4. The Bertz CT molecular complexity index is 1130. The van der Waals surface area contributed by atoms with Crippen molar-refractivity contribution < 1.29 is 4.74 Å². The van der Waals surface area contributed by atoms with Gasteiger partial charge in [-0.25, -0.2) is 14.0 Å². The van der Waals surface area contributed by atoms with Gasteiger partial charge in [0.2, 0.25) is 0 Å². The van der Waals surface area contributed by atoms with Gasteiger partial charge in [0, 0.05) is 23.4 Å². The largest absolute Gasteiger partial charge is 0.496 e. The van der Waals surface area contributed by atoms with Crippen molar-refractivity contribution in [2.24, 2.45) is 0 Å². The van der Waals surface area contributed by atoms with Gasteiger partial charge in [-0.1, -0.05) is 30.3 Å². The first-order chi connectivity index (χ1) is 13.7. The number of methoxy groups -OCH3 is 1. The molecule has 0 amide bonds. The van der Waals surface area contributed by atoms with Crippen molar-refractivity contribution in [3.05, 3.63) is 82.8 Å². The molecule has 0 saturated carbocycles. The highest BCUT2D eigenvalue weighted by Crippen LogP contribution is 2.31. The first-order valence-corrected chi connectivity index (χ1v) is 9.05. The Morgan fingerprint density at radius 1 is 1.14 bits per heavy atom. The summed E-state index contributed by atoms with van der Waals surface area (Å²) in [5.74, 6) is 1.30. The molecule has 0 spiro atoms. The van der Waals surface area contributed by atoms with Crippen LogP contribution in [0.25, 0.3) is 16.8 Å². The highest BCUT2D eigenvalue weighted by molar-refractivity contribution is 5.71. The molecule has 0 radical (unpaired) electrons. The van der Waals surface area contributed by atoms with Gasteiger partial charge < -0.3 is 4.74 Å². The average molecular weight is 375 g/mol. The first-order valence-electron chi connectivity index (χ1n) is 9.05. The summed E-state index contributed by atoms with van der Waals surface area (Å²) in [7, 11) is 1.61. The summed E-state index contributed by atoms with van der Waals surface area (Å²) in [5.41, 5.74) is 3.56. The quantitative estimate of drug-likeness (QED) is 0.562. The van der Waals surface area contributed by atoms with E-state index < -0.39 is 0 Å². The average Bonchev–Trinajstić information content (AvgIpc) is 3.35. The Morgan fingerprint density at radius 3 is 2.68 bits per heavy atom. The molecule has 7 heteroatoms. The van der Waals surface area contributed by atoms with Crippen molar-refractivity contribution in [3.8, 4) is 22.6 Å². The second-order valence-corrected chi connectivity index (χ2v) is 6.50. The fourth-order valence-electron chi connectivity index (χ4n) is 3.29. The third-order valence-electron chi connectivity index (χ3n) is 4.71. The number of ether oxygens (including phenoxy) is 1. The topological polar surface area (TPSA) is 77.7 Å². The monoisotopic (exact) mass is 375 g/mol. The van der Waals surface area contributed by atoms with Gasteiger partial charge in [-0.15, -0.1) is 0 Å². The first kappa shape index (κ1) is 17.8. The van der Waals surface area contributed by atoms with Crippen molar-refractivity contribution >= 4 is 0 Å². The number of aromatic amines is 1. The maximum absolute atomic E-state index is 12.9. The lowest BCUT2D eigenvalue weighted by atomic mass is 10.1. The molecule has 2 aromatic carbocycles. The van der Waals surface area contributed by atoms with Crippen LogP contribution in [0, 0.1) is 6.92 Å². The SMILES string of the molecule is COc1cc(-n2c(C)nn(CCc3ccccc3)c2=O)ccc1-c1cn[nH]c1. The highest BCUT2D eigenvalue weighted by Gasteiger charge is 2.15. The third kappa shape index (κ3) is 3.34. The van der Waals surface area contributed by atoms with Crippen molar-refractivity contribution in [2.45, 2.75) is 19.9 Å². The zero-order chi connectivity index (χ0) is 19.5. The van der Waals surface area contributed by atoms with Crippen LogP contribution in [-0.2, 0) is 13.0 Å². The number of H-pyrrole nitrogens is 1. The molecule has 0 bridgehead atoms. The Morgan fingerprint density at radius 2 is 1.96 bits per heavy atom. The van der Waals surface area contributed by atoms with Crippen molar-refractivity contribution in [3.63, 3.8) is 0 Å². The molecule has 0 aliphatic heterocycles. The number of hydrogen-bond donors (Lipinski definition) is 1. The van der Waals surface area contributed by atoms with Crippen molar-refractivity contribution in [1.82, 2.24) is 24.5 Å². The van der Waals surface area contributed by atoms with Gasteiger partial charge >= 0.3 is 5.69 Å². The lowest BCUT2D eigenvalue weighted by Gasteiger charge is -2.10. The summed E-state index contributed by atoms with van der Waals surface area (Å²) in [6, 6.07) is 15.7. The lowest BCUT2D eigenvalue weighted by molar-refractivity contribution is 0.416. The molecule has 0 aliphatic carbocycles. The Balaban J connectivity index is 1.66. The van der Waals surface area contributed by atoms with Crippen LogP contribution in [0.5, 0.6) is 5.75 Å². The fourth-order valence-corrected chi connectivity index (χ4v) is 3.29. The summed E-state index contributed by atoms with van der Waals surface area (Å²) in [6.45, 7) is 2.36. The van der Waals surface area contributed by atoms with Gasteiger partial charge in [0.25, 0.3) is 0 Å². The smallest absolute Gasteiger partial charge is 0.350 e. The molecule has 4 aromatic rings. The molecular formula is C21H21N5O2. The van der Waals surface area contributed by atoms with Crippen molar-refractivity contribution in [1.29, 1.82) is 0 Å². The number of aromatic nitrogens is 5. The molecule has 0 atom stereocenters. The van der Waals surface area contributed by atoms with E-state index in [1.54, 1.807) is 24.1 Å². The molecule has 0 aliphatic rings. The van der Waals surface area contributed by atoms with E-state index in [1.807, 2.05) is 55.5 Å². The molecule has 0 fully saturated rings. The third-order valence-corrected chi connectivity index (χ3v) is 4.71. The fraction of sp³-hybridized carbons (Fsp3) is 0.190. The minimum Gasteiger partial charge on any atom is -0.496 e. The van der Waals surface area contributed by atoms with Crippen LogP contribution in [0.1, 0.15) is 11.4 Å². The summed E-state index contributed by atoms with van der Waals surface area (Å²) in [5, 5.41) is 11.2.